The Bertz CT molecular complexity index is 771. The highest BCUT2D eigenvalue weighted by Crippen LogP contribution is 2.23. The molecule has 7 heteroatoms. The van der Waals surface area contributed by atoms with Crippen molar-refractivity contribution in [2.75, 3.05) is 13.1 Å². The molecule has 25 heavy (non-hydrogen) atoms. The Hall–Kier alpha value is -1.99. The van der Waals surface area contributed by atoms with E-state index in [2.05, 4.69) is 16.9 Å². The van der Waals surface area contributed by atoms with Crippen LogP contribution in [-0.2, 0) is 16.4 Å². The van der Waals surface area contributed by atoms with E-state index in [9.17, 15) is 8.42 Å². The third-order valence-electron chi connectivity index (χ3n) is 4.34. The van der Waals surface area contributed by atoms with Crippen LogP contribution < -0.4 is 4.74 Å². The van der Waals surface area contributed by atoms with Crippen molar-refractivity contribution >= 4 is 10.0 Å². The summed E-state index contributed by atoms with van der Waals surface area (Å²) in [5, 5.41) is 0. The molecule has 134 valence electrons. The van der Waals surface area contributed by atoms with Crippen LogP contribution >= 0.6 is 0 Å². The minimum Gasteiger partial charge on any atom is -0.474 e. The van der Waals surface area contributed by atoms with Crippen LogP contribution in [0.3, 0.4) is 0 Å². The molecule has 6 nitrogen and oxygen atoms in total. The van der Waals surface area contributed by atoms with Gasteiger partial charge in [-0.1, -0.05) is 25.5 Å². The molecule has 0 saturated carbocycles. The number of hydrogen-bond donors (Lipinski definition) is 0. The maximum absolute atomic E-state index is 12.8. The van der Waals surface area contributed by atoms with Crippen molar-refractivity contribution in [1.82, 2.24) is 14.3 Å². The Kier molecular flexibility index (Phi) is 5.65. The van der Waals surface area contributed by atoms with Crippen molar-refractivity contribution in [2.24, 2.45) is 0 Å². The lowest BCUT2D eigenvalue weighted by molar-refractivity contribution is 0.129. The molecular formula is C18H23N3O3S. The van der Waals surface area contributed by atoms with Crippen LogP contribution in [0.25, 0.3) is 0 Å². The molecular weight excluding hydrogens is 338 g/mol. The summed E-state index contributed by atoms with van der Waals surface area (Å²) in [5.41, 5.74) is 1.17. The lowest BCUT2D eigenvalue weighted by atomic mass is 10.1. The summed E-state index contributed by atoms with van der Waals surface area (Å²) in [6.45, 7) is 3.02. The smallest absolute Gasteiger partial charge is 0.243 e. The van der Waals surface area contributed by atoms with Crippen molar-refractivity contribution < 1.29 is 13.2 Å². The number of sulfonamides is 1. The summed E-state index contributed by atoms with van der Waals surface area (Å²) in [6, 6.07) is 8.94. The van der Waals surface area contributed by atoms with E-state index in [1.165, 1.54) is 11.9 Å². The summed E-state index contributed by atoms with van der Waals surface area (Å²) in [6.07, 6.45) is 6.36. The van der Waals surface area contributed by atoms with Gasteiger partial charge >= 0.3 is 0 Å². The lowest BCUT2D eigenvalue weighted by Crippen LogP contribution is -2.41. The monoisotopic (exact) mass is 361 g/mol. The Balaban J connectivity index is 1.61. The molecule has 2 heterocycles. The van der Waals surface area contributed by atoms with Gasteiger partial charge in [-0.25, -0.2) is 18.4 Å². The molecule has 1 aromatic carbocycles. The maximum atomic E-state index is 12.8. The Morgan fingerprint density at radius 2 is 1.88 bits per heavy atom. The minimum atomic E-state index is -3.44. The number of ether oxygens (including phenoxy) is 1. The number of aromatic nitrogens is 2. The summed E-state index contributed by atoms with van der Waals surface area (Å²) in [5.74, 6) is 0.530. The SMILES string of the molecule is CCCc1ccc(S(=O)(=O)N2CCC(Oc3ccncn3)CC2)cc1. The standard InChI is InChI=1S/C18H23N3O3S/c1-2-3-15-4-6-17(7-5-15)25(22,23)21-12-9-16(10-13-21)24-18-8-11-19-14-20-18/h4-8,11,14,16H,2-3,9-10,12-13H2,1H3. The van der Waals surface area contributed by atoms with Crippen molar-refractivity contribution in [3.05, 3.63) is 48.4 Å². The lowest BCUT2D eigenvalue weighted by Gasteiger charge is -2.31. The van der Waals surface area contributed by atoms with Crippen LogP contribution in [0.5, 0.6) is 5.88 Å². The van der Waals surface area contributed by atoms with Crippen molar-refractivity contribution in [1.29, 1.82) is 0 Å². The molecule has 0 N–H and O–H groups in total. The highest BCUT2D eigenvalue weighted by molar-refractivity contribution is 7.89. The van der Waals surface area contributed by atoms with Gasteiger partial charge in [-0.2, -0.15) is 4.31 Å². The van der Waals surface area contributed by atoms with E-state index >= 15 is 0 Å². The molecule has 1 saturated heterocycles. The fraction of sp³-hybridized carbons (Fsp3) is 0.444. The molecule has 3 rings (SSSR count). The van der Waals surface area contributed by atoms with E-state index in [1.54, 1.807) is 28.7 Å². The van der Waals surface area contributed by atoms with Gasteiger partial charge in [0.1, 0.15) is 12.4 Å². The number of aryl methyl sites for hydroxylation is 1. The van der Waals surface area contributed by atoms with Crippen LogP contribution in [0, 0.1) is 0 Å². The normalized spacial score (nSPS) is 16.7. The fourth-order valence-electron chi connectivity index (χ4n) is 2.98. The first kappa shape index (κ1) is 17.8. The molecule has 1 fully saturated rings. The third-order valence-corrected chi connectivity index (χ3v) is 6.26. The zero-order chi connectivity index (χ0) is 17.7. The molecule has 2 aromatic rings. The summed E-state index contributed by atoms with van der Waals surface area (Å²) < 4.78 is 32.9. The predicted molar refractivity (Wildman–Crippen MR) is 94.9 cm³/mol. The van der Waals surface area contributed by atoms with E-state index < -0.39 is 10.0 Å². The van der Waals surface area contributed by atoms with E-state index in [0.29, 0.717) is 36.7 Å². The molecule has 0 unspecified atom stereocenters. The number of piperidine rings is 1. The minimum absolute atomic E-state index is 0.0201. The van der Waals surface area contributed by atoms with Crippen LogP contribution in [0.15, 0.2) is 47.8 Å². The molecule has 1 aliphatic rings. The van der Waals surface area contributed by atoms with Gasteiger partial charge in [0, 0.05) is 25.4 Å². The first-order chi connectivity index (χ1) is 12.1. The molecule has 1 aliphatic heterocycles. The van der Waals surface area contributed by atoms with Gasteiger partial charge in [-0.3, -0.25) is 0 Å². The van der Waals surface area contributed by atoms with Crippen molar-refractivity contribution in [3.8, 4) is 5.88 Å². The largest absolute Gasteiger partial charge is 0.474 e. The van der Waals surface area contributed by atoms with Crippen LogP contribution in [0.2, 0.25) is 0 Å². The zero-order valence-corrected chi connectivity index (χ0v) is 15.2. The molecule has 0 spiro atoms. The zero-order valence-electron chi connectivity index (χ0n) is 14.3. The van der Waals surface area contributed by atoms with Gasteiger partial charge < -0.3 is 4.74 Å². The van der Waals surface area contributed by atoms with Gasteiger partial charge in [0.15, 0.2) is 0 Å². The second-order valence-corrected chi connectivity index (χ2v) is 8.10. The average Bonchev–Trinajstić information content (AvgIpc) is 2.64. The fourth-order valence-corrected chi connectivity index (χ4v) is 4.44. The van der Waals surface area contributed by atoms with Gasteiger partial charge in [-0.05, 0) is 37.0 Å². The highest BCUT2D eigenvalue weighted by atomic mass is 32.2. The van der Waals surface area contributed by atoms with E-state index in [0.717, 1.165) is 12.8 Å². The van der Waals surface area contributed by atoms with Gasteiger partial charge in [0.05, 0.1) is 4.90 Å². The molecule has 0 aliphatic carbocycles. The number of hydrogen-bond acceptors (Lipinski definition) is 5. The number of benzene rings is 1. The summed E-state index contributed by atoms with van der Waals surface area (Å²) >= 11 is 0. The van der Waals surface area contributed by atoms with Crippen LogP contribution in [-0.4, -0.2) is 41.9 Å². The number of rotatable bonds is 6. The van der Waals surface area contributed by atoms with Gasteiger partial charge in [-0.15, -0.1) is 0 Å². The van der Waals surface area contributed by atoms with E-state index in [1.807, 2.05) is 12.1 Å². The first-order valence-electron chi connectivity index (χ1n) is 8.61. The second-order valence-electron chi connectivity index (χ2n) is 6.16. The summed E-state index contributed by atoms with van der Waals surface area (Å²) in [4.78, 5) is 8.27. The second kappa shape index (κ2) is 7.93. The Morgan fingerprint density at radius 3 is 2.48 bits per heavy atom. The van der Waals surface area contributed by atoms with Crippen molar-refractivity contribution in [3.63, 3.8) is 0 Å². The molecule has 0 bridgehead atoms. The van der Waals surface area contributed by atoms with Gasteiger partial charge in [0.25, 0.3) is 0 Å². The van der Waals surface area contributed by atoms with Crippen LogP contribution in [0.4, 0.5) is 0 Å². The molecule has 0 radical (unpaired) electrons. The maximum Gasteiger partial charge on any atom is 0.243 e. The topological polar surface area (TPSA) is 72.4 Å². The number of nitrogens with zero attached hydrogens (tertiary/aromatic N) is 3. The predicted octanol–water partition coefficient (Wildman–Crippen LogP) is 2.66. The third kappa shape index (κ3) is 4.35. The molecule has 0 amide bonds. The van der Waals surface area contributed by atoms with E-state index in [-0.39, 0.29) is 6.10 Å². The molecule has 1 aromatic heterocycles. The van der Waals surface area contributed by atoms with Crippen molar-refractivity contribution in [2.45, 2.75) is 43.6 Å². The van der Waals surface area contributed by atoms with Crippen LogP contribution in [0.1, 0.15) is 31.7 Å². The molecule has 0 atom stereocenters. The summed E-state index contributed by atoms with van der Waals surface area (Å²) in [7, 11) is -3.44. The Morgan fingerprint density at radius 1 is 1.16 bits per heavy atom. The first-order valence-corrected chi connectivity index (χ1v) is 10.1. The highest BCUT2D eigenvalue weighted by Gasteiger charge is 2.30. The Labute approximate surface area is 148 Å². The van der Waals surface area contributed by atoms with Gasteiger partial charge in [0.2, 0.25) is 15.9 Å². The average molecular weight is 361 g/mol. The quantitative estimate of drug-likeness (QED) is 0.791. The van der Waals surface area contributed by atoms with E-state index in [4.69, 9.17) is 4.74 Å².